The van der Waals surface area contributed by atoms with E-state index in [4.69, 9.17) is 16.3 Å². The second kappa shape index (κ2) is 9.38. The fourth-order valence-corrected chi connectivity index (χ4v) is 3.94. The van der Waals surface area contributed by atoms with Crippen LogP contribution in [-0.2, 0) is 9.53 Å². The van der Waals surface area contributed by atoms with E-state index >= 15 is 0 Å². The van der Waals surface area contributed by atoms with Gasteiger partial charge in [0.25, 0.3) is 0 Å². The Balaban J connectivity index is 1.61. The Kier molecular flexibility index (Phi) is 6.39. The fraction of sp³-hybridized carbons (Fsp3) is 0.208. The first-order chi connectivity index (χ1) is 15.4. The van der Waals surface area contributed by atoms with Crippen molar-refractivity contribution in [3.63, 3.8) is 0 Å². The molecular weight excluding hydrogens is 430 g/mol. The Bertz CT molecular complexity index is 1180. The van der Waals surface area contributed by atoms with Gasteiger partial charge >= 0.3 is 18.0 Å². The van der Waals surface area contributed by atoms with E-state index in [1.165, 1.54) is 0 Å². The van der Waals surface area contributed by atoms with Gasteiger partial charge in [-0.15, -0.1) is 0 Å². The molecule has 0 radical (unpaired) electrons. The van der Waals surface area contributed by atoms with Crippen LogP contribution in [0.25, 0.3) is 10.8 Å². The van der Waals surface area contributed by atoms with Crippen LogP contribution in [0.5, 0.6) is 0 Å². The van der Waals surface area contributed by atoms with Crippen molar-refractivity contribution in [3.8, 4) is 0 Å². The zero-order valence-corrected chi connectivity index (χ0v) is 18.2. The van der Waals surface area contributed by atoms with Gasteiger partial charge in [-0.05, 0) is 60.8 Å². The highest BCUT2D eigenvalue weighted by molar-refractivity contribution is 6.34. The van der Waals surface area contributed by atoms with E-state index in [0.717, 1.165) is 22.8 Å². The smallest absolute Gasteiger partial charge is 0.347 e. The predicted molar refractivity (Wildman–Crippen MR) is 124 cm³/mol. The van der Waals surface area contributed by atoms with Crippen LogP contribution in [0, 0.1) is 6.92 Å². The first kappa shape index (κ1) is 21.8. The van der Waals surface area contributed by atoms with Crippen molar-refractivity contribution in [3.05, 3.63) is 70.7 Å². The maximum absolute atomic E-state index is 12.9. The highest BCUT2D eigenvalue weighted by atomic mass is 35.5. The molecule has 0 aliphatic carbocycles. The minimum absolute atomic E-state index is 0.0843. The summed E-state index contributed by atoms with van der Waals surface area (Å²) >= 11 is 6.20. The number of esters is 2. The zero-order valence-electron chi connectivity index (χ0n) is 17.4. The minimum Gasteiger partial charge on any atom is -0.388 e. The highest BCUT2D eigenvalue weighted by Crippen LogP contribution is 2.28. The van der Waals surface area contributed by atoms with Crippen LogP contribution in [0.1, 0.15) is 28.8 Å². The molecule has 8 heteroatoms. The summed E-state index contributed by atoms with van der Waals surface area (Å²) in [6, 6.07) is 14.9. The molecule has 3 aromatic rings. The number of rotatable bonds is 4. The van der Waals surface area contributed by atoms with E-state index in [1.807, 2.05) is 37.3 Å². The van der Waals surface area contributed by atoms with Crippen LogP contribution < -0.4 is 16.0 Å². The van der Waals surface area contributed by atoms with E-state index in [0.29, 0.717) is 23.7 Å². The summed E-state index contributed by atoms with van der Waals surface area (Å²) in [6.45, 7) is 2.53. The van der Waals surface area contributed by atoms with Crippen LogP contribution in [-0.4, -0.2) is 30.6 Å². The number of amides is 2. The quantitative estimate of drug-likeness (QED) is 0.388. The van der Waals surface area contributed by atoms with E-state index in [9.17, 15) is 14.4 Å². The summed E-state index contributed by atoms with van der Waals surface area (Å²) in [4.78, 5) is 37.9. The Labute approximate surface area is 190 Å². The van der Waals surface area contributed by atoms with Gasteiger partial charge in [0.15, 0.2) is 0 Å². The average Bonchev–Trinajstić information content (AvgIpc) is 3.31. The van der Waals surface area contributed by atoms with Crippen molar-refractivity contribution >= 4 is 51.7 Å². The SMILES string of the molecule is Cc1cccc(Cl)c1NC(=O)Nc1cc2ccccc2cc1C(=O)OC(=O)[C@@H]1CCCN1. The van der Waals surface area contributed by atoms with Gasteiger partial charge in [0.2, 0.25) is 0 Å². The molecule has 164 valence electrons. The van der Waals surface area contributed by atoms with Gasteiger partial charge in [-0.3, -0.25) is 0 Å². The number of hydrogen-bond acceptors (Lipinski definition) is 5. The van der Waals surface area contributed by atoms with Crippen LogP contribution in [0.4, 0.5) is 16.2 Å². The third-order valence-electron chi connectivity index (χ3n) is 5.35. The normalized spacial score (nSPS) is 15.4. The lowest BCUT2D eigenvalue weighted by Crippen LogP contribution is -2.34. The van der Waals surface area contributed by atoms with Crippen molar-refractivity contribution < 1.29 is 19.1 Å². The largest absolute Gasteiger partial charge is 0.388 e. The van der Waals surface area contributed by atoms with Gasteiger partial charge in [0.1, 0.15) is 6.04 Å². The molecule has 0 saturated carbocycles. The number of aryl methyl sites for hydroxylation is 1. The molecule has 2 amide bonds. The molecule has 0 spiro atoms. The molecule has 7 nitrogen and oxygen atoms in total. The summed E-state index contributed by atoms with van der Waals surface area (Å²) in [5.41, 5.74) is 1.57. The Morgan fingerprint density at radius 3 is 2.47 bits per heavy atom. The molecule has 1 aliphatic rings. The summed E-state index contributed by atoms with van der Waals surface area (Å²) in [5.74, 6) is -1.44. The molecule has 1 atom stereocenters. The van der Waals surface area contributed by atoms with E-state index in [1.54, 1.807) is 24.3 Å². The molecule has 1 aliphatic heterocycles. The number of urea groups is 1. The third kappa shape index (κ3) is 4.74. The molecule has 3 aromatic carbocycles. The monoisotopic (exact) mass is 451 g/mol. The van der Waals surface area contributed by atoms with Crippen molar-refractivity contribution in [1.29, 1.82) is 0 Å². The molecule has 0 aromatic heterocycles. The van der Waals surface area contributed by atoms with Gasteiger partial charge < -0.3 is 20.7 Å². The number of benzene rings is 3. The molecule has 3 N–H and O–H groups in total. The number of halogens is 1. The molecule has 32 heavy (non-hydrogen) atoms. The van der Waals surface area contributed by atoms with Crippen LogP contribution in [0.3, 0.4) is 0 Å². The number of hydrogen-bond donors (Lipinski definition) is 3. The second-order valence-corrected chi connectivity index (χ2v) is 8.02. The minimum atomic E-state index is -0.821. The van der Waals surface area contributed by atoms with E-state index in [2.05, 4.69) is 16.0 Å². The number of carbonyl (C=O) groups excluding carboxylic acids is 3. The second-order valence-electron chi connectivity index (χ2n) is 7.61. The topological polar surface area (TPSA) is 96.5 Å². The van der Waals surface area contributed by atoms with Crippen molar-refractivity contribution in [2.75, 3.05) is 17.2 Å². The fourth-order valence-electron chi connectivity index (χ4n) is 3.67. The molecule has 1 saturated heterocycles. The van der Waals surface area contributed by atoms with Gasteiger partial charge in [-0.2, -0.15) is 0 Å². The first-order valence-electron chi connectivity index (χ1n) is 10.3. The summed E-state index contributed by atoms with van der Waals surface area (Å²) in [5, 5.41) is 10.4. The zero-order chi connectivity index (χ0) is 22.7. The maximum atomic E-state index is 12.9. The van der Waals surface area contributed by atoms with Gasteiger partial charge in [-0.1, -0.05) is 48.0 Å². The number of carbonyl (C=O) groups is 3. The summed E-state index contributed by atoms with van der Waals surface area (Å²) in [7, 11) is 0. The number of fused-ring (bicyclic) bond motifs is 1. The molecule has 4 rings (SSSR count). The van der Waals surface area contributed by atoms with Crippen LogP contribution in [0.15, 0.2) is 54.6 Å². The Morgan fingerprint density at radius 1 is 1.03 bits per heavy atom. The lowest BCUT2D eigenvalue weighted by molar-refractivity contribution is -0.139. The standard InChI is InChI=1S/C24H22ClN3O4/c1-14-6-4-9-18(25)21(14)28-24(31)27-20-13-16-8-3-2-7-15(16)12-17(20)22(29)32-23(30)19-10-5-11-26-19/h2-4,6-9,12-13,19,26H,5,10-11H2,1H3,(H2,27,28,31)/t19-/m0/s1. The third-order valence-corrected chi connectivity index (χ3v) is 5.67. The predicted octanol–water partition coefficient (Wildman–Crippen LogP) is 4.88. The molecular formula is C24H22ClN3O4. The number of nitrogens with one attached hydrogen (secondary N) is 3. The lowest BCUT2D eigenvalue weighted by atomic mass is 10.0. The van der Waals surface area contributed by atoms with E-state index < -0.39 is 24.0 Å². The van der Waals surface area contributed by atoms with Crippen molar-refractivity contribution in [2.24, 2.45) is 0 Å². The number of anilines is 2. The van der Waals surface area contributed by atoms with Crippen molar-refractivity contribution in [1.82, 2.24) is 5.32 Å². The highest BCUT2D eigenvalue weighted by Gasteiger charge is 2.27. The Morgan fingerprint density at radius 2 is 1.78 bits per heavy atom. The van der Waals surface area contributed by atoms with Crippen molar-refractivity contribution in [2.45, 2.75) is 25.8 Å². The number of para-hydroxylation sites is 1. The maximum Gasteiger partial charge on any atom is 0.347 e. The molecule has 0 bridgehead atoms. The Hall–Kier alpha value is -3.42. The molecule has 0 unspecified atom stereocenters. The summed E-state index contributed by atoms with van der Waals surface area (Å²) in [6.07, 6.45) is 1.47. The average molecular weight is 452 g/mol. The lowest BCUT2D eigenvalue weighted by Gasteiger charge is -2.15. The molecule has 1 fully saturated rings. The van der Waals surface area contributed by atoms with E-state index in [-0.39, 0.29) is 11.3 Å². The van der Waals surface area contributed by atoms with Crippen LogP contribution in [0.2, 0.25) is 5.02 Å². The van der Waals surface area contributed by atoms with Gasteiger partial charge in [0.05, 0.1) is 22.0 Å². The van der Waals surface area contributed by atoms with Crippen LogP contribution >= 0.6 is 11.6 Å². The van der Waals surface area contributed by atoms with Gasteiger partial charge in [-0.25, -0.2) is 14.4 Å². The van der Waals surface area contributed by atoms with Gasteiger partial charge in [0, 0.05) is 0 Å². The summed E-state index contributed by atoms with van der Waals surface area (Å²) < 4.78 is 5.11. The first-order valence-corrected chi connectivity index (χ1v) is 10.7. The molecule has 1 heterocycles. The number of ether oxygens (including phenoxy) is 1.